The van der Waals surface area contributed by atoms with Crippen molar-refractivity contribution in [2.75, 3.05) is 25.5 Å². The van der Waals surface area contributed by atoms with Crippen molar-refractivity contribution in [3.8, 4) is 11.9 Å². The maximum absolute atomic E-state index is 13.8. The van der Waals surface area contributed by atoms with Gasteiger partial charge in [-0.3, -0.25) is 14.9 Å². The van der Waals surface area contributed by atoms with Crippen LogP contribution in [-0.2, 0) is 0 Å². The van der Waals surface area contributed by atoms with E-state index in [1.54, 1.807) is 0 Å². The Morgan fingerprint density at radius 3 is 2.96 bits per heavy atom. The van der Waals surface area contributed by atoms with Crippen LogP contribution in [0.5, 0.6) is 5.88 Å². The maximum atomic E-state index is 13.8. The quantitative estimate of drug-likeness (QED) is 0.606. The predicted molar refractivity (Wildman–Crippen MR) is 94.3 cm³/mol. The van der Waals surface area contributed by atoms with E-state index < -0.39 is 22.3 Å². The van der Waals surface area contributed by atoms with Crippen LogP contribution in [0.2, 0.25) is 0 Å². The number of rotatable bonds is 5. The first-order valence-corrected chi connectivity index (χ1v) is 8.23. The SMILES string of the molecule is COc1nc(N[C@@H]2CCN(C(=O)c3ccc([N+](=O)[O-])c(F)c3)C2)ncc1C#N. The number of nitriles is 1. The standard InChI is InChI=1S/C17H15FN6O4/c1-28-15-11(7-19)8-20-17(22-15)21-12-4-5-23(9-12)16(25)10-2-3-14(24(26)27)13(18)6-10/h2-3,6,8,12H,4-5,9H2,1H3,(H,20,21,22)/t12-/m1/s1. The molecular weight excluding hydrogens is 371 g/mol. The van der Waals surface area contributed by atoms with E-state index in [0.717, 1.165) is 12.1 Å². The molecule has 1 aliphatic rings. The van der Waals surface area contributed by atoms with Crippen molar-refractivity contribution < 1.29 is 18.8 Å². The number of hydrogen-bond donors (Lipinski definition) is 1. The van der Waals surface area contributed by atoms with Crippen LogP contribution in [0.15, 0.2) is 24.4 Å². The Hall–Kier alpha value is -3.81. The number of halogens is 1. The summed E-state index contributed by atoms with van der Waals surface area (Å²) in [5.41, 5.74) is -0.430. The predicted octanol–water partition coefficient (Wildman–Crippen LogP) is 1.73. The molecule has 28 heavy (non-hydrogen) atoms. The number of amides is 1. The number of hydrogen-bond acceptors (Lipinski definition) is 8. The Morgan fingerprint density at radius 1 is 1.54 bits per heavy atom. The average Bonchev–Trinajstić information content (AvgIpc) is 3.15. The molecule has 0 bridgehead atoms. The van der Waals surface area contributed by atoms with Gasteiger partial charge in [0.1, 0.15) is 11.6 Å². The van der Waals surface area contributed by atoms with Crippen molar-refractivity contribution in [2.45, 2.75) is 12.5 Å². The maximum Gasteiger partial charge on any atom is 0.304 e. The second kappa shape index (κ2) is 7.83. The number of carbonyl (C=O) groups is 1. The minimum atomic E-state index is -1.05. The smallest absolute Gasteiger partial charge is 0.304 e. The van der Waals surface area contributed by atoms with Crippen molar-refractivity contribution in [1.29, 1.82) is 5.26 Å². The highest BCUT2D eigenvalue weighted by atomic mass is 19.1. The van der Waals surface area contributed by atoms with Crippen LogP contribution in [0.3, 0.4) is 0 Å². The summed E-state index contributed by atoms with van der Waals surface area (Å²) in [5, 5.41) is 22.7. The molecule has 2 heterocycles. The first-order chi connectivity index (χ1) is 13.4. The van der Waals surface area contributed by atoms with E-state index >= 15 is 0 Å². The van der Waals surface area contributed by atoms with Crippen LogP contribution < -0.4 is 10.1 Å². The Bertz CT molecular complexity index is 977. The number of nitrogens with one attached hydrogen (secondary N) is 1. The number of nitrogens with zero attached hydrogens (tertiary/aromatic N) is 5. The average molecular weight is 386 g/mol. The fourth-order valence-corrected chi connectivity index (χ4v) is 2.88. The monoisotopic (exact) mass is 386 g/mol. The molecule has 0 saturated carbocycles. The van der Waals surface area contributed by atoms with Crippen molar-refractivity contribution in [2.24, 2.45) is 0 Å². The number of methoxy groups -OCH3 is 1. The van der Waals surface area contributed by atoms with Crippen LogP contribution in [0.4, 0.5) is 16.0 Å². The van der Waals surface area contributed by atoms with Crippen LogP contribution in [0.1, 0.15) is 22.3 Å². The van der Waals surface area contributed by atoms with Gasteiger partial charge < -0.3 is 15.0 Å². The summed E-state index contributed by atoms with van der Waals surface area (Å²) >= 11 is 0. The largest absolute Gasteiger partial charge is 0.480 e. The Labute approximate surface area is 158 Å². The fourth-order valence-electron chi connectivity index (χ4n) is 2.88. The molecule has 0 radical (unpaired) electrons. The highest BCUT2D eigenvalue weighted by molar-refractivity contribution is 5.94. The third kappa shape index (κ3) is 3.80. The van der Waals surface area contributed by atoms with E-state index in [9.17, 15) is 19.3 Å². The molecule has 144 valence electrons. The number of nitro benzene ring substituents is 1. The minimum Gasteiger partial charge on any atom is -0.480 e. The normalized spacial score (nSPS) is 15.8. The number of benzene rings is 1. The second-order valence-electron chi connectivity index (χ2n) is 6.03. The highest BCUT2D eigenvalue weighted by Gasteiger charge is 2.28. The summed E-state index contributed by atoms with van der Waals surface area (Å²) in [6.07, 6.45) is 1.94. The molecule has 1 atom stereocenters. The Kier molecular flexibility index (Phi) is 5.30. The minimum absolute atomic E-state index is 0.0417. The zero-order valence-electron chi connectivity index (χ0n) is 14.8. The van der Waals surface area contributed by atoms with E-state index in [0.29, 0.717) is 19.5 Å². The Balaban J connectivity index is 1.67. The molecular formula is C17H15FN6O4. The highest BCUT2D eigenvalue weighted by Crippen LogP contribution is 2.22. The molecule has 1 saturated heterocycles. The van der Waals surface area contributed by atoms with Gasteiger partial charge in [0.15, 0.2) is 0 Å². The van der Waals surface area contributed by atoms with E-state index in [1.807, 2.05) is 6.07 Å². The summed E-state index contributed by atoms with van der Waals surface area (Å²) in [7, 11) is 1.40. The van der Waals surface area contributed by atoms with Gasteiger partial charge in [-0.1, -0.05) is 0 Å². The molecule has 1 aromatic heterocycles. The number of likely N-dealkylation sites (tertiary alicyclic amines) is 1. The lowest BCUT2D eigenvalue weighted by molar-refractivity contribution is -0.387. The molecule has 1 aromatic carbocycles. The van der Waals surface area contributed by atoms with E-state index in [4.69, 9.17) is 10.00 Å². The van der Waals surface area contributed by atoms with Crippen molar-refractivity contribution >= 4 is 17.5 Å². The van der Waals surface area contributed by atoms with Gasteiger partial charge in [-0.05, 0) is 18.6 Å². The molecule has 0 spiro atoms. The zero-order valence-corrected chi connectivity index (χ0v) is 14.8. The molecule has 3 rings (SSSR count). The lowest BCUT2D eigenvalue weighted by Crippen LogP contribution is -2.32. The van der Waals surface area contributed by atoms with Crippen LogP contribution in [0, 0.1) is 27.3 Å². The van der Waals surface area contributed by atoms with Gasteiger partial charge in [0.05, 0.1) is 18.2 Å². The Morgan fingerprint density at radius 2 is 2.32 bits per heavy atom. The molecule has 1 aliphatic heterocycles. The molecule has 1 amide bonds. The van der Waals surface area contributed by atoms with E-state index in [-0.39, 0.29) is 29.0 Å². The molecule has 2 aromatic rings. The van der Waals surface area contributed by atoms with E-state index in [2.05, 4.69) is 15.3 Å². The molecule has 0 aliphatic carbocycles. The van der Waals surface area contributed by atoms with Gasteiger partial charge in [0.25, 0.3) is 5.91 Å². The summed E-state index contributed by atoms with van der Waals surface area (Å²) in [5.74, 6) is -1.07. The third-order valence-corrected chi connectivity index (χ3v) is 4.27. The zero-order chi connectivity index (χ0) is 20.3. The summed E-state index contributed by atoms with van der Waals surface area (Å²) in [6, 6.07) is 4.85. The molecule has 1 N–H and O–H groups in total. The van der Waals surface area contributed by atoms with Crippen molar-refractivity contribution in [3.63, 3.8) is 0 Å². The van der Waals surface area contributed by atoms with Crippen LogP contribution in [-0.4, -0.2) is 51.9 Å². The van der Waals surface area contributed by atoms with Gasteiger partial charge in [0.2, 0.25) is 17.6 Å². The summed E-state index contributed by atoms with van der Waals surface area (Å²) in [4.78, 5) is 32.0. The number of nitro groups is 1. The second-order valence-corrected chi connectivity index (χ2v) is 6.03. The van der Waals surface area contributed by atoms with Gasteiger partial charge in [-0.2, -0.15) is 14.6 Å². The lowest BCUT2D eigenvalue weighted by atomic mass is 10.1. The van der Waals surface area contributed by atoms with Crippen LogP contribution in [0.25, 0.3) is 0 Å². The topological polar surface area (TPSA) is 134 Å². The number of carbonyl (C=O) groups excluding carboxylic acids is 1. The first kappa shape index (κ1) is 19.0. The number of ether oxygens (including phenoxy) is 1. The van der Waals surface area contributed by atoms with Crippen LogP contribution >= 0.6 is 0 Å². The number of aromatic nitrogens is 2. The van der Waals surface area contributed by atoms with E-state index in [1.165, 1.54) is 24.3 Å². The third-order valence-electron chi connectivity index (χ3n) is 4.27. The fraction of sp³-hybridized carbons (Fsp3) is 0.294. The number of anilines is 1. The summed E-state index contributed by atoms with van der Waals surface area (Å²) in [6.45, 7) is 0.742. The van der Waals surface area contributed by atoms with Gasteiger partial charge in [-0.25, -0.2) is 4.98 Å². The van der Waals surface area contributed by atoms with Crippen molar-refractivity contribution in [3.05, 3.63) is 51.5 Å². The molecule has 1 fully saturated rings. The first-order valence-electron chi connectivity index (χ1n) is 8.23. The van der Waals surface area contributed by atoms with Gasteiger partial charge >= 0.3 is 5.69 Å². The molecule has 0 unspecified atom stereocenters. The van der Waals surface area contributed by atoms with Crippen molar-refractivity contribution in [1.82, 2.24) is 14.9 Å². The summed E-state index contributed by atoms with van der Waals surface area (Å²) < 4.78 is 18.8. The van der Waals surface area contributed by atoms with Gasteiger partial charge in [-0.15, -0.1) is 0 Å². The molecule has 10 nitrogen and oxygen atoms in total. The van der Waals surface area contributed by atoms with Gasteiger partial charge in [0, 0.05) is 30.8 Å². The lowest BCUT2D eigenvalue weighted by Gasteiger charge is -2.17. The molecule has 11 heteroatoms.